The Hall–Kier alpha value is -3.63. The second-order valence-corrected chi connectivity index (χ2v) is 7.35. The van der Waals surface area contributed by atoms with Crippen LogP contribution in [0.3, 0.4) is 0 Å². The van der Waals surface area contributed by atoms with E-state index in [1.54, 1.807) is 36.4 Å². The monoisotopic (exact) mass is 438 g/mol. The summed E-state index contributed by atoms with van der Waals surface area (Å²) < 4.78 is 38.3. The first-order chi connectivity index (χ1) is 16.0. The number of ether oxygens (including phenoxy) is 4. The largest absolute Gasteiger partial charge is 0.458 e. The molecule has 166 valence electrons. The Labute approximate surface area is 189 Å². The molecular formula is C25H24O7. The van der Waals surface area contributed by atoms with E-state index in [1.807, 2.05) is 13.8 Å². The molecular weight excluding hydrogens is 412 g/mol. The van der Waals surface area contributed by atoms with Crippen molar-refractivity contribution in [2.24, 2.45) is 0 Å². The minimum atomic E-state index is -2.55. The number of terminal acetylenes is 1. The van der Waals surface area contributed by atoms with Crippen molar-refractivity contribution in [3.8, 4) is 12.3 Å². The van der Waals surface area contributed by atoms with Crippen LogP contribution in [-0.4, -0.2) is 42.5 Å². The molecule has 0 aromatic heterocycles. The smallest absolute Gasteiger partial charge is 0.338 e. The number of carbonyl (C=O) groups is 3. The summed E-state index contributed by atoms with van der Waals surface area (Å²) in [5, 5.41) is 0. The molecule has 2 aromatic carbocycles. The Balaban J connectivity index is 1.90. The topological polar surface area (TPSA) is 88.1 Å². The summed E-state index contributed by atoms with van der Waals surface area (Å²) in [5.74, 6) is -0.179. The molecule has 1 heterocycles. The van der Waals surface area contributed by atoms with Crippen LogP contribution >= 0.6 is 0 Å². The Morgan fingerprint density at radius 1 is 1.03 bits per heavy atom. The van der Waals surface area contributed by atoms with Gasteiger partial charge in [0.25, 0.3) is 0 Å². The normalized spacial score (nSPS) is 24.4. The van der Waals surface area contributed by atoms with E-state index in [0.717, 1.165) is 18.1 Å². The average molecular weight is 438 g/mol. The molecule has 7 heteroatoms. The summed E-state index contributed by atoms with van der Waals surface area (Å²) in [6.07, 6.45) is -0.411. The number of rotatable bonds is 6. The van der Waals surface area contributed by atoms with Crippen LogP contribution in [-0.2, 0) is 23.7 Å². The number of hydrogen-bond donors (Lipinski definition) is 0. The van der Waals surface area contributed by atoms with Crippen LogP contribution in [0.15, 0.2) is 48.5 Å². The molecule has 1 aliphatic rings. The summed E-state index contributed by atoms with van der Waals surface area (Å²) in [6, 6.07) is 13.0. The van der Waals surface area contributed by atoms with Gasteiger partial charge in [-0.15, -0.1) is 6.42 Å². The number of hydrogen-bond acceptors (Lipinski definition) is 7. The van der Waals surface area contributed by atoms with Gasteiger partial charge in [0.1, 0.15) is 6.61 Å². The molecule has 0 bridgehead atoms. The third-order valence-corrected chi connectivity index (χ3v) is 4.76. The van der Waals surface area contributed by atoms with Gasteiger partial charge in [-0.3, -0.25) is 4.79 Å². The van der Waals surface area contributed by atoms with E-state index in [4.69, 9.17) is 28.1 Å². The minimum Gasteiger partial charge on any atom is -0.458 e. The predicted octanol–water partition coefficient (Wildman–Crippen LogP) is 3.37. The van der Waals surface area contributed by atoms with Gasteiger partial charge in [0.05, 0.1) is 17.5 Å². The highest BCUT2D eigenvalue weighted by Gasteiger charge is 2.53. The van der Waals surface area contributed by atoms with Gasteiger partial charge in [-0.1, -0.05) is 41.3 Å². The van der Waals surface area contributed by atoms with Gasteiger partial charge in [-0.25, -0.2) is 9.59 Å². The molecule has 2 aromatic rings. The molecule has 0 aliphatic carbocycles. The third kappa shape index (κ3) is 5.34. The average Bonchev–Trinajstić information content (AvgIpc) is 2.99. The Morgan fingerprint density at radius 2 is 1.56 bits per heavy atom. The summed E-state index contributed by atoms with van der Waals surface area (Å²) in [4.78, 5) is 36.9. The van der Waals surface area contributed by atoms with E-state index in [2.05, 4.69) is 5.92 Å². The molecule has 1 fully saturated rings. The van der Waals surface area contributed by atoms with Crippen LogP contribution in [0.25, 0.3) is 0 Å². The second-order valence-electron chi connectivity index (χ2n) is 7.35. The molecule has 3 atom stereocenters. The highest BCUT2D eigenvalue weighted by atomic mass is 16.7. The van der Waals surface area contributed by atoms with Crippen molar-refractivity contribution in [3.05, 3.63) is 70.8 Å². The van der Waals surface area contributed by atoms with Crippen LogP contribution in [0.1, 0.15) is 47.9 Å². The number of esters is 3. The van der Waals surface area contributed by atoms with Crippen molar-refractivity contribution in [2.75, 3.05) is 6.61 Å². The fraction of sp³-hybridized carbons (Fsp3) is 0.320. The number of aryl methyl sites for hydroxylation is 2. The van der Waals surface area contributed by atoms with Crippen LogP contribution in [0.2, 0.25) is 0 Å². The maximum absolute atomic E-state index is 12.8. The van der Waals surface area contributed by atoms with E-state index in [9.17, 15) is 14.4 Å². The van der Waals surface area contributed by atoms with Gasteiger partial charge >= 0.3 is 17.9 Å². The molecule has 1 unspecified atom stereocenters. The predicted molar refractivity (Wildman–Crippen MR) is 115 cm³/mol. The summed E-state index contributed by atoms with van der Waals surface area (Å²) in [5.41, 5.74) is 0.191. The fourth-order valence-corrected chi connectivity index (χ4v) is 2.95. The summed E-state index contributed by atoms with van der Waals surface area (Å²) >= 11 is 0. The Bertz CT molecular complexity index is 1120. The van der Waals surface area contributed by atoms with Gasteiger partial charge in [-0.05, 0) is 38.1 Å². The molecule has 3 rings (SSSR count). The van der Waals surface area contributed by atoms with Crippen molar-refractivity contribution < 1.29 is 36.1 Å². The van der Waals surface area contributed by atoms with Gasteiger partial charge < -0.3 is 18.9 Å². The quantitative estimate of drug-likeness (QED) is 0.388. The zero-order chi connectivity index (χ0) is 25.1. The lowest BCUT2D eigenvalue weighted by Gasteiger charge is -2.28. The first-order valence-corrected chi connectivity index (χ1v) is 9.83. The maximum atomic E-state index is 12.8. The van der Waals surface area contributed by atoms with E-state index in [0.29, 0.717) is 0 Å². The fourth-order valence-electron chi connectivity index (χ4n) is 2.95. The Morgan fingerprint density at radius 3 is 2.06 bits per heavy atom. The zero-order valence-electron chi connectivity index (χ0n) is 19.9. The molecule has 1 aliphatic heterocycles. The zero-order valence-corrected chi connectivity index (χ0v) is 17.9. The summed E-state index contributed by atoms with van der Waals surface area (Å²) in [6.45, 7) is 4.12. The van der Waals surface area contributed by atoms with E-state index in [-0.39, 0.29) is 11.1 Å². The van der Waals surface area contributed by atoms with Crippen molar-refractivity contribution in [3.63, 3.8) is 0 Å². The van der Waals surface area contributed by atoms with E-state index >= 15 is 0 Å². The molecule has 0 saturated carbocycles. The van der Waals surface area contributed by atoms with Crippen molar-refractivity contribution in [1.29, 1.82) is 0 Å². The van der Waals surface area contributed by atoms with Crippen LogP contribution in [0.5, 0.6) is 0 Å². The number of benzene rings is 2. The van der Waals surface area contributed by atoms with Gasteiger partial charge in [-0.2, -0.15) is 0 Å². The minimum absolute atomic E-state index is 0.153. The first-order valence-electron chi connectivity index (χ1n) is 10.8. The maximum Gasteiger partial charge on any atom is 0.338 e. The molecule has 0 radical (unpaired) electrons. The number of carbonyl (C=O) groups excluding carboxylic acids is 3. The van der Waals surface area contributed by atoms with Crippen molar-refractivity contribution >= 4 is 17.9 Å². The second kappa shape index (κ2) is 9.67. The lowest BCUT2D eigenvalue weighted by Crippen LogP contribution is -2.45. The van der Waals surface area contributed by atoms with E-state index in [1.165, 1.54) is 12.1 Å². The van der Waals surface area contributed by atoms with Crippen molar-refractivity contribution in [1.82, 2.24) is 0 Å². The molecule has 0 N–H and O–H groups in total. The van der Waals surface area contributed by atoms with Crippen LogP contribution in [0, 0.1) is 26.2 Å². The standard InChI is InChI=1S/C25H24O7/c1-5-25(15-29-23(27)19-10-6-16(2)7-11-19)21(14-22(32-25)30-18(4)26)31-24(28)20-12-8-17(3)9-13-20/h1,6-13,21-22H,14-15H2,2-4H3/t21-,22?,25+/m0/s1/i14D2. The van der Waals surface area contributed by atoms with Crippen LogP contribution < -0.4 is 0 Å². The molecule has 0 amide bonds. The lowest BCUT2D eigenvalue weighted by atomic mass is 9.98. The van der Waals surface area contributed by atoms with Gasteiger partial charge in [0.2, 0.25) is 11.9 Å². The SMILES string of the molecule is [2H]C1([2H])C(OC(C)=O)O[C@](C#C)(COC(=O)c2ccc(C)cc2)[C@H]1OC(=O)c1ccc(C)cc1. The lowest BCUT2D eigenvalue weighted by molar-refractivity contribution is -0.184. The molecule has 0 spiro atoms. The van der Waals surface area contributed by atoms with Gasteiger partial charge in [0.15, 0.2) is 6.10 Å². The van der Waals surface area contributed by atoms with E-state index < -0.39 is 48.9 Å². The first kappa shape index (κ1) is 20.3. The van der Waals surface area contributed by atoms with Crippen LogP contribution in [0.4, 0.5) is 0 Å². The molecule has 32 heavy (non-hydrogen) atoms. The summed E-state index contributed by atoms with van der Waals surface area (Å²) in [7, 11) is 0. The highest BCUT2D eigenvalue weighted by Crippen LogP contribution is 2.35. The highest BCUT2D eigenvalue weighted by molar-refractivity contribution is 5.90. The molecule has 1 saturated heterocycles. The third-order valence-electron chi connectivity index (χ3n) is 4.76. The molecule has 7 nitrogen and oxygen atoms in total. The van der Waals surface area contributed by atoms with Crippen molar-refractivity contribution in [2.45, 2.75) is 45.1 Å². The Kier molecular flexibility index (Phi) is 6.13. The van der Waals surface area contributed by atoms with Gasteiger partial charge in [0, 0.05) is 9.67 Å².